The minimum Gasteiger partial charge on any atom is -0.496 e. The summed E-state index contributed by atoms with van der Waals surface area (Å²) in [7, 11) is 1.66. The highest BCUT2D eigenvalue weighted by Gasteiger charge is 2.11. The molecule has 2 aromatic rings. The van der Waals surface area contributed by atoms with Crippen molar-refractivity contribution < 1.29 is 4.74 Å². The second-order valence-corrected chi connectivity index (χ2v) is 4.90. The number of nitrogens with two attached hydrogens (primary N) is 1. The van der Waals surface area contributed by atoms with Gasteiger partial charge in [-0.3, -0.25) is 0 Å². The van der Waals surface area contributed by atoms with E-state index in [0.717, 1.165) is 35.5 Å². The van der Waals surface area contributed by atoms with Crippen LogP contribution in [-0.2, 0) is 6.42 Å². The van der Waals surface area contributed by atoms with E-state index in [1.54, 1.807) is 7.11 Å². The fraction of sp³-hybridized carbons (Fsp3) is 0.375. The Labute approximate surface area is 120 Å². The summed E-state index contributed by atoms with van der Waals surface area (Å²) in [5, 5.41) is 0. The second-order valence-electron chi connectivity index (χ2n) is 4.90. The molecule has 0 radical (unpaired) electrons. The van der Waals surface area contributed by atoms with Gasteiger partial charge in [0.15, 0.2) is 5.82 Å². The predicted octanol–water partition coefficient (Wildman–Crippen LogP) is 2.74. The Kier molecular flexibility index (Phi) is 4.69. The third kappa shape index (κ3) is 3.33. The topological polar surface area (TPSA) is 61.0 Å². The number of methoxy groups -OCH3 is 1. The molecular weight excluding hydrogens is 250 g/mol. The summed E-state index contributed by atoms with van der Waals surface area (Å²) in [4.78, 5) is 9.14. The zero-order chi connectivity index (χ0) is 14.5. The molecule has 20 heavy (non-hydrogen) atoms. The van der Waals surface area contributed by atoms with E-state index in [1.807, 2.05) is 37.3 Å². The summed E-state index contributed by atoms with van der Waals surface area (Å²) < 4.78 is 5.38. The van der Waals surface area contributed by atoms with Crippen LogP contribution in [0.2, 0.25) is 0 Å². The lowest BCUT2D eigenvalue weighted by Crippen LogP contribution is -2.22. The summed E-state index contributed by atoms with van der Waals surface area (Å²) in [6, 6.07) is 9.91. The number of benzene rings is 1. The molecule has 0 aliphatic carbocycles. The van der Waals surface area contributed by atoms with Crippen LogP contribution in [0.5, 0.6) is 5.75 Å². The van der Waals surface area contributed by atoms with E-state index in [1.165, 1.54) is 0 Å². The minimum absolute atomic E-state index is 0.134. The molecule has 106 valence electrons. The van der Waals surface area contributed by atoms with Crippen molar-refractivity contribution in [1.29, 1.82) is 0 Å². The summed E-state index contributed by atoms with van der Waals surface area (Å²) in [5.41, 5.74) is 8.85. The van der Waals surface area contributed by atoms with Gasteiger partial charge in [0.2, 0.25) is 0 Å². The van der Waals surface area contributed by atoms with Gasteiger partial charge in [0, 0.05) is 23.9 Å². The van der Waals surface area contributed by atoms with Gasteiger partial charge < -0.3 is 10.5 Å². The largest absolute Gasteiger partial charge is 0.496 e. The number of aromatic nitrogens is 2. The first-order valence-electron chi connectivity index (χ1n) is 6.87. The van der Waals surface area contributed by atoms with Crippen LogP contribution in [0.15, 0.2) is 30.3 Å². The molecule has 4 heteroatoms. The number of nitrogens with zero attached hydrogens (tertiary/aromatic N) is 2. The Morgan fingerprint density at radius 3 is 2.70 bits per heavy atom. The maximum Gasteiger partial charge on any atom is 0.163 e. The molecule has 1 heterocycles. The molecular formula is C16H21N3O. The Balaban J connectivity index is 2.41. The van der Waals surface area contributed by atoms with Crippen LogP contribution in [-0.4, -0.2) is 23.1 Å². The first-order valence-corrected chi connectivity index (χ1v) is 6.87. The number of para-hydroxylation sites is 1. The van der Waals surface area contributed by atoms with Crippen molar-refractivity contribution in [2.45, 2.75) is 32.7 Å². The molecule has 0 saturated carbocycles. The van der Waals surface area contributed by atoms with Crippen LogP contribution < -0.4 is 10.5 Å². The van der Waals surface area contributed by atoms with E-state index in [4.69, 9.17) is 10.5 Å². The molecule has 4 nitrogen and oxygen atoms in total. The van der Waals surface area contributed by atoms with Crippen LogP contribution in [0.4, 0.5) is 0 Å². The molecule has 0 aliphatic rings. The lowest BCUT2D eigenvalue weighted by Gasteiger charge is -2.11. The second kappa shape index (κ2) is 6.48. The monoisotopic (exact) mass is 271 g/mol. The van der Waals surface area contributed by atoms with E-state index in [0.29, 0.717) is 5.82 Å². The highest BCUT2D eigenvalue weighted by Crippen LogP contribution is 2.27. The van der Waals surface area contributed by atoms with Crippen molar-refractivity contribution in [1.82, 2.24) is 9.97 Å². The highest BCUT2D eigenvalue weighted by atomic mass is 16.5. The van der Waals surface area contributed by atoms with Crippen molar-refractivity contribution in [3.05, 3.63) is 41.7 Å². The zero-order valence-electron chi connectivity index (χ0n) is 12.3. The van der Waals surface area contributed by atoms with Gasteiger partial charge in [-0.15, -0.1) is 0 Å². The summed E-state index contributed by atoms with van der Waals surface area (Å²) in [6.07, 6.45) is 1.70. The molecule has 1 aromatic heterocycles. The number of hydrogen-bond donors (Lipinski definition) is 1. The average Bonchev–Trinajstić information content (AvgIpc) is 2.46. The van der Waals surface area contributed by atoms with E-state index >= 15 is 0 Å². The van der Waals surface area contributed by atoms with Crippen LogP contribution in [0.3, 0.4) is 0 Å². The van der Waals surface area contributed by atoms with Gasteiger partial charge in [-0.25, -0.2) is 9.97 Å². The van der Waals surface area contributed by atoms with Crippen LogP contribution >= 0.6 is 0 Å². The van der Waals surface area contributed by atoms with Gasteiger partial charge in [-0.2, -0.15) is 0 Å². The minimum atomic E-state index is 0.134. The molecule has 0 amide bonds. The Hall–Kier alpha value is -1.94. The zero-order valence-corrected chi connectivity index (χ0v) is 12.3. The summed E-state index contributed by atoms with van der Waals surface area (Å²) in [6.45, 7) is 4.06. The first kappa shape index (κ1) is 14.5. The average molecular weight is 271 g/mol. The number of aryl methyl sites for hydroxylation is 1. The van der Waals surface area contributed by atoms with E-state index in [9.17, 15) is 0 Å². The molecule has 0 bridgehead atoms. The standard InChI is InChI=1S/C16H21N3O/c1-4-12(17)10-13-9-11(2)18-16(19-13)14-7-5-6-8-15(14)20-3/h5-9,12H,4,10,17H2,1-3H3. The van der Waals surface area contributed by atoms with Crippen molar-refractivity contribution in [3.63, 3.8) is 0 Å². The first-order chi connectivity index (χ1) is 9.63. The van der Waals surface area contributed by atoms with E-state index in [2.05, 4.69) is 16.9 Å². The fourth-order valence-electron chi connectivity index (χ4n) is 2.10. The summed E-state index contributed by atoms with van der Waals surface area (Å²) in [5.74, 6) is 1.48. The maximum absolute atomic E-state index is 6.01. The van der Waals surface area contributed by atoms with Crippen molar-refractivity contribution >= 4 is 0 Å². The molecule has 0 spiro atoms. The predicted molar refractivity (Wildman–Crippen MR) is 80.7 cm³/mol. The van der Waals surface area contributed by atoms with Gasteiger partial charge in [-0.05, 0) is 31.5 Å². The fourth-order valence-corrected chi connectivity index (χ4v) is 2.10. The van der Waals surface area contributed by atoms with Gasteiger partial charge in [0.1, 0.15) is 5.75 Å². The Morgan fingerprint density at radius 1 is 1.25 bits per heavy atom. The molecule has 0 fully saturated rings. The summed E-state index contributed by atoms with van der Waals surface area (Å²) >= 11 is 0. The number of hydrogen-bond acceptors (Lipinski definition) is 4. The third-order valence-electron chi connectivity index (χ3n) is 3.25. The van der Waals surface area contributed by atoms with E-state index < -0.39 is 0 Å². The number of ether oxygens (including phenoxy) is 1. The van der Waals surface area contributed by atoms with Gasteiger partial charge >= 0.3 is 0 Å². The molecule has 1 aromatic carbocycles. The highest BCUT2D eigenvalue weighted by molar-refractivity contribution is 5.64. The van der Waals surface area contributed by atoms with Gasteiger partial charge in [0.05, 0.1) is 12.7 Å². The maximum atomic E-state index is 6.01. The molecule has 0 saturated heterocycles. The normalized spacial score (nSPS) is 12.2. The molecule has 1 atom stereocenters. The third-order valence-corrected chi connectivity index (χ3v) is 3.25. The lowest BCUT2D eigenvalue weighted by molar-refractivity contribution is 0.416. The van der Waals surface area contributed by atoms with Gasteiger partial charge in [-0.1, -0.05) is 19.1 Å². The smallest absolute Gasteiger partial charge is 0.163 e. The molecule has 2 N–H and O–H groups in total. The van der Waals surface area contributed by atoms with Crippen molar-refractivity contribution in [2.24, 2.45) is 5.73 Å². The van der Waals surface area contributed by atoms with E-state index in [-0.39, 0.29) is 6.04 Å². The lowest BCUT2D eigenvalue weighted by atomic mass is 10.1. The van der Waals surface area contributed by atoms with Crippen LogP contribution in [0, 0.1) is 6.92 Å². The van der Waals surface area contributed by atoms with Crippen molar-refractivity contribution in [2.75, 3.05) is 7.11 Å². The Bertz CT molecular complexity index is 584. The molecule has 1 unspecified atom stereocenters. The quantitative estimate of drug-likeness (QED) is 0.908. The van der Waals surface area contributed by atoms with Crippen LogP contribution in [0.25, 0.3) is 11.4 Å². The number of rotatable bonds is 5. The van der Waals surface area contributed by atoms with Gasteiger partial charge in [0.25, 0.3) is 0 Å². The van der Waals surface area contributed by atoms with Crippen LogP contribution in [0.1, 0.15) is 24.7 Å². The Morgan fingerprint density at radius 2 is 2.00 bits per heavy atom. The molecule has 0 aliphatic heterocycles. The van der Waals surface area contributed by atoms with Crippen molar-refractivity contribution in [3.8, 4) is 17.1 Å². The molecule has 2 rings (SSSR count). The SMILES string of the molecule is CCC(N)Cc1cc(C)nc(-c2ccccc2OC)n1.